The molecule has 0 saturated heterocycles. The topological polar surface area (TPSA) is 84.7 Å². The van der Waals surface area contributed by atoms with Crippen molar-refractivity contribution in [2.75, 3.05) is 19.4 Å². The largest absolute Gasteiger partial charge is 0.573 e. The van der Waals surface area contributed by atoms with E-state index in [4.69, 9.17) is 0 Å². The summed E-state index contributed by atoms with van der Waals surface area (Å²) in [5.74, 6) is -0.838. The fourth-order valence-corrected chi connectivity index (χ4v) is 2.39. The lowest BCUT2D eigenvalue weighted by Crippen LogP contribution is -2.27. The zero-order valence-electron chi connectivity index (χ0n) is 14.4. The summed E-state index contributed by atoms with van der Waals surface area (Å²) in [4.78, 5) is 24.3. The number of ether oxygens (including phenoxy) is 1. The lowest BCUT2D eigenvalue weighted by atomic mass is 10.1. The van der Waals surface area contributed by atoms with Gasteiger partial charge in [-0.3, -0.25) is 14.9 Å². The average molecular weight is 383 g/mol. The summed E-state index contributed by atoms with van der Waals surface area (Å²) >= 11 is 0. The van der Waals surface area contributed by atoms with E-state index >= 15 is 0 Å². The maximum Gasteiger partial charge on any atom is 0.573 e. The van der Waals surface area contributed by atoms with Crippen molar-refractivity contribution in [2.24, 2.45) is 0 Å². The number of carbonyl (C=O) groups excluding carboxylic acids is 1. The Hall–Kier alpha value is -3.30. The number of halogens is 3. The van der Waals surface area contributed by atoms with Gasteiger partial charge < -0.3 is 15.0 Å². The van der Waals surface area contributed by atoms with Crippen LogP contribution in [0.4, 0.5) is 24.5 Å². The summed E-state index contributed by atoms with van der Waals surface area (Å²) in [7, 11) is 3.07. The van der Waals surface area contributed by atoms with E-state index in [9.17, 15) is 28.1 Å². The van der Waals surface area contributed by atoms with E-state index in [0.717, 1.165) is 12.1 Å². The predicted molar refractivity (Wildman–Crippen MR) is 91.6 cm³/mol. The standard InChI is InChI=1S/C17H16F3N3O4/c1-21-15-8-5-12(23(25)26)9-14(15)16(24)22(2)10-11-3-6-13(7-4-11)27-17(18,19)20/h3-9,21H,10H2,1-2H3. The first-order chi connectivity index (χ1) is 12.6. The summed E-state index contributed by atoms with van der Waals surface area (Å²) in [6, 6.07) is 8.98. The molecule has 0 fully saturated rings. The van der Waals surface area contributed by atoms with Crippen molar-refractivity contribution in [2.45, 2.75) is 12.9 Å². The number of benzene rings is 2. The number of anilines is 1. The van der Waals surface area contributed by atoms with E-state index < -0.39 is 17.2 Å². The maximum absolute atomic E-state index is 12.6. The Kier molecular flexibility index (Phi) is 5.88. The van der Waals surface area contributed by atoms with Gasteiger partial charge in [-0.15, -0.1) is 13.2 Å². The maximum atomic E-state index is 12.6. The van der Waals surface area contributed by atoms with Crippen molar-refractivity contribution >= 4 is 17.3 Å². The minimum Gasteiger partial charge on any atom is -0.406 e. The van der Waals surface area contributed by atoms with Crippen molar-refractivity contribution in [3.63, 3.8) is 0 Å². The molecular weight excluding hydrogens is 367 g/mol. The number of carbonyl (C=O) groups is 1. The fraction of sp³-hybridized carbons (Fsp3) is 0.235. The number of non-ortho nitro benzene ring substituents is 1. The second kappa shape index (κ2) is 7.94. The number of nitrogens with zero attached hydrogens (tertiary/aromatic N) is 2. The molecule has 0 saturated carbocycles. The normalized spacial score (nSPS) is 11.0. The number of amides is 1. The summed E-state index contributed by atoms with van der Waals surface area (Å²) in [5, 5.41) is 13.7. The van der Waals surface area contributed by atoms with Crippen LogP contribution in [-0.2, 0) is 6.54 Å². The average Bonchev–Trinajstić information content (AvgIpc) is 2.60. The van der Waals surface area contributed by atoms with Gasteiger partial charge in [-0.2, -0.15) is 0 Å². The van der Waals surface area contributed by atoms with Gasteiger partial charge in [-0.25, -0.2) is 0 Å². The SMILES string of the molecule is CNc1ccc([N+](=O)[O-])cc1C(=O)N(C)Cc1ccc(OC(F)(F)F)cc1. The quantitative estimate of drug-likeness (QED) is 0.606. The monoisotopic (exact) mass is 383 g/mol. The van der Waals surface area contributed by atoms with Gasteiger partial charge in [-0.1, -0.05) is 12.1 Å². The van der Waals surface area contributed by atoms with Crippen LogP contribution in [0.1, 0.15) is 15.9 Å². The third-order valence-electron chi connectivity index (χ3n) is 3.64. The van der Waals surface area contributed by atoms with Gasteiger partial charge >= 0.3 is 6.36 Å². The Balaban J connectivity index is 2.16. The molecule has 2 rings (SSSR count). The lowest BCUT2D eigenvalue weighted by molar-refractivity contribution is -0.384. The molecule has 1 N–H and O–H groups in total. The molecule has 0 spiro atoms. The predicted octanol–water partition coefficient (Wildman–Crippen LogP) is 3.81. The van der Waals surface area contributed by atoms with Crippen LogP contribution in [0, 0.1) is 10.1 Å². The Morgan fingerprint density at radius 2 is 1.85 bits per heavy atom. The second-order valence-electron chi connectivity index (χ2n) is 5.59. The number of hydrogen-bond acceptors (Lipinski definition) is 5. The number of hydrogen-bond donors (Lipinski definition) is 1. The van der Waals surface area contributed by atoms with Crippen molar-refractivity contribution in [3.8, 4) is 5.75 Å². The number of nitro benzene ring substituents is 1. The first-order valence-corrected chi connectivity index (χ1v) is 7.67. The molecule has 0 atom stereocenters. The van der Waals surface area contributed by atoms with Gasteiger partial charge in [0.2, 0.25) is 0 Å². The molecular formula is C17H16F3N3O4. The number of alkyl halides is 3. The highest BCUT2D eigenvalue weighted by Crippen LogP contribution is 2.25. The summed E-state index contributed by atoms with van der Waals surface area (Å²) < 4.78 is 40.3. The van der Waals surface area contributed by atoms with Crippen LogP contribution >= 0.6 is 0 Å². The molecule has 2 aromatic rings. The number of nitrogens with one attached hydrogen (secondary N) is 1. The van der Waals surface area contributed by atoms with Crippen molar-refractivity contribution in [1.82, 2.24) is 4.90 Å². The molecule has 0 aromatic heterocycles. The Bertz CT molecular complexity index is 838. The smallest absolute Gasteiger partial charge is 0.406 e. The van der Waals surface area contributed by atoms with Gasteiger partial charge in [0.1, 0.15) is 5.75 Å². The van der Waals surface area contributed by atoms with Crippen LogP contribution in [0.5, 0.6) is 5.75 Å². The molecule has 27 heavy (non-hydrogen) atoms. The molecule has 10 heteroatoms. The Labute approximate surface area is 152 Å². The van der Waals surface area contributed by atoms with E-state index in [1.807, 2.05) is 0 Å². The molecule has 0 aliphatic rings. The van der Waals surface area contributed by atoms with Crippen molar-refractivity contribution < 1.29 is 27.6 Å². The minimum atomic E-state index is -4.78. The van der Waals surface area contributed by atoms with Gasteiger partial charge in [0.05, 0.1) is 10.5 Å². The summed E-state index contributed by atoms with van der Waals surface area (Å²) in [5.41, 5.74) is 0.883. The summed E-state index contributed by atoms with van der Waals surface area (Å²) in [6.07, 6.45) is -4.78. The summed E-state index contributed by atoms with van der Waals surface area (Å²) in [6.45, 7) is 0.0942. The zero-order chi connectivity index (χ0) is 20.2. The third-order valence-corrected chi connectivity index (χ3v) is 3.64. The van der Waals surface area contributed by atoms with Crippen molar-refractivity contribution in [1.29, 1.82) is 0 Å². The first kappa shape index (κ1) is 20.0. The molecule has 2 aromatic carbocycles. The Morgan fingerprint density at radius 1 is 1.22 bits per heavy atom. The molecule has 144 valence electrons. The lowest BCUT2D eigenvalue weighted by Gasteiger charge is -2.19. The van der Waals surface area contributed by atoms with Crippen LogP contribution in [-0.4, -0.2) is 36.2 Å². The van der Waals surface area contributed by atoms with Crippen LogP contribution < -0.4 is 10.1 Å². The zero-order valence-corrected chi connectivity index (χ0v) is 14.4. The molecule has 0 radical (unpaired) electrons. The fourth-order valence-electron chi connectivity index (χ4n) is 2.39. The number of rotatable bonds is 6. The van der Waals surface area contributed by atoms with E-state index in [2.05, 4.69) is 10.1 Å². The van der Waals surface area contributed by atoms with Gasteiger partial charge in [-0.05, 0) is 23.8 Å². The first-order valence-electron chi connectivity index (χ1n) is 7.67. The third kappa shape index (κ3) is 5.33. The molecule has 0 unspecified atom stereocenters. The van der Waals surface area contributed by atoms with E-state index in [0.29, 0.717) is 11.3 Å². The van der Waals surface area contributed by atoms with E-state index in [1.165, 1.54) is 42.3 Å². The molecule has 1 amide bonds. The highest BCUT2D eigenvalue weighted by Gasteiger charge is 2.31. The number of nitro groups is 1. The van der Waals surface area contributed by atoms with Gasteiger partial charge in [0, 0.05) is 38.5 Å². The van der Waals surface area contributed by atoms with E-state index in [1.54, 1.807) is 7.05 Å². The van der Waals surface area contributed by atoms with Crippen LogP contribution in [0.3, 0.4) is 0 Å². The van der Waals surface area contributed by atoms with E-state index in [-0.39, 0.29) is 23.5 Å². The van der Waals surface area contributed by atoms with Gasteiger partial charge in [0.25, 0.3) is 11.6 Å². The van der Waals surface area contributed by atoms with Crippen LogP contribution in [0.25, 0.3) is 0 Å². The van der Waals surface area contributed by atoms with Crippen LogP contribution in [0.15, 0.2) is 42.5 Å². The van der Waals surface area contributed by atoms with Crippen LogP contribution in [0.2, 0.25) is 0 Å². The molecule has 7 nitrogen and oxygen atoms in total. The second-order valence-corrected chi connectivity index (χ2v) is 5.59. The Morgan fingerprint density at radius 3 is 2.37 bits per heavy atom. The molecule has 0 bridgehead atoms. The van der Waals surface area contributed by atoms with Crippen molar-refractivity contribution in [3.05, 3.63) is 63.7 Å². The minimum absolute atomic E-state index is 0.0942. The molecule has 0 aliphatic carbocycles. The van der Waals surface area contributed by atoms with Gasteiger partial charge in [0.15, 0.2) is 0 Å². The highest BCUT2D eigenvalue weighted by molar-refractivity contribution is 6.00. The highest BCUT2D eigenvalue weighted by atomic mass is 19.4. The molecule has 0 heterocycles. The molecule has 0 aliphatic heterocycles.